The maximum absolute atomic E-state index is 11.9. The molecule has 0 saturated carbocycles. The third-order valence-corrected chi connectivity index (χ3v) is 4.38. The van der Waals surface area contributed by atoms with Gasteiger partial charge in [0.15, 0.2) is 0 Å². The van der Waals surface area contributed by atoms with E-state index in [9.17, 15) is 14.9 Å². The first-order valence-corrected chi connectivity index (χ1v) is 9.31. The predicted octanol–water partition coefficient (Wildman–Crippen LogP) is 2.84. The smallest absolute Gasteiger partial charge is 0.269 e. The monoisotopic (exact) mass is 423 g/mol. The second-order valence-electron chi connectivity index (χ2n) is 6.53. The molecule has 0 fully saturated rings. The number of nitro groups is 1. The lowest BCUT2D eigenvalue weighted by molar-refractivity contribution is -0.384. The molecule has 1 N–H and O–H groups in total. The number of aromatic nitrogens is 2. The van der Waals surface area contributed by atoms with Gasteiger partial charge in [0.05, 0.1) is 18.2 Å². The minimum absolute atomic E-state index is 0.000388. The van der Waals surface area contributed by atoms with E-state index in [0.717, 1.165) is 16.8 Å². The quantitative estimate of drug-likeness (QED) is 0.321. The van der Waals surface area contributed by atoms with Crippen LogP contribution in [0.25, 0.3) is 0 Å². The maximum atomic E-state index is 11.9. The number of nitro benzene ring substituents is 1. The zero-order valence-corrected chi connectivity index (χ0v) is 17.0. The number of carbonyl (C=O) groups excluding carboxylic acids is 1. The van der Waals surface area contributed by atoms with Crippen molar-refractivity contribution in [3.05, 3.63) is 81.7 Å². The second kappa shape index (κ2) is 10.0. The molecule has 160 valence electrons. The Kier molecular flexibility index (Phi) is 6.94. The summed E-state index contributed by atoms with van der Waals surface area (Å²) in [6.07, 6.45) is 3.14. The van der Waals surface area contributed by atoms with Gasteiger partial charge in [0, 0.05) is 29.6 Å². The van der Waals surface area contributed by atoms with Gasteiger partial charge in [0.2, 0.25) is 0 Å². The maximum Gasteiger partial charge on any atom is 0.269 e. The Morgan fingerprint density at radius 1 is 1.26 bits per heavy atom. The fraction of sp³-hybridized carbons (Fsp3) is 0.190. The summed E-state index contributed by atoms with van der Waals surface area (Å²) >= 11 is 0. The topological polar surface area (TPSA) is 121 Å². The van der Waals surface area contributed by atoms with E-state index < -0.39 is 4.92 Å². The van der Waals surface area contributed by atoms with E-state index in [-0.39, 0.29) is 24.7 Å². The van der Waals surface area contributed by atoms with Gasteiger partial charge < -0.3 is 9.47 Å². The van der Waals surface area contributed by atoms with E-state index >= 15 is 0 Å². The molecule has 10 heteroatoms. The number of benzene rings is 2. The highest BCUT2D eigenvalue weighted by Gasteiger charge is 2.08. The summed E-state index contributed by atoms with van der Waals surface area (Å²) in [5.41, 5.74) is 4.87. The molecule has 0 spiro atoms. The number of carbonyl (C=O) groups is 1. The van der Waals surface area contributed by atoms with Crippen LogP contribution in [0.3, 0.4) is 0 Å². The number of amides is 1. The van der Waals surface area contributed by atoms with E-state index in [1.165, 1.54) is 18.3 Å². The molecule has 0 radical (unpaired) electrons. The molecule has 0 bridgehead atoms. The largest absolute Gasteiger partial charge is 0.496 e. The molecule has 1 aromatic heterocycles. The SMILES string of the molecule is COc1cc(C=NNC(=O)Cn2nccc2C)ccc1COc1ccc([N+](=O)[O-])cc1. The summed E-state index contributed by atoms with van der Waals surface area (Å²) in [5.74, 6) is 0.806. The molecule has 0 atom stereocenters. The molecule has 3 rings (SSSR count). The summed E-state index contributed by atoms with van der Waals surface area (Å²) in [7, 11) is 1.54. The number of ether oxygens (including phenoxy) is 2. The molecule has 0 aliphatic carbocycles. The third-order valence-electron chi connectivity index (χ3n) is 4.38. The fourth-order valence-electron chi connectivity index (χ4n) is 2.70. The average Bonchev–Trinajstić information content (AvgIpc) is 3.17. The van der Waals surface area contributed by atoms with Crippen LogP contribution < -0.4 is 14.9 Å². The minimum atomic E-state index is -0.464. The minimum Gasteiger partial charge on any atom is -0.496 e. The lowest BCUT2D eigenvalue weighted by Crippen LogP contribution is -2.24. The van der Waals surface area contributed by atoms with Crippen LogP contribution in [0.2, 0.25) is 0 Å². The number of aryl methyl sites for hydroxylation is 1. The lowest BCUT2D eigenvalue weighted by atomic mass is 10.1. The van der Waals surface area contributed by atoms with Crippen molar-refractivity contribution < 1.29 is 19.2 Å². The Balaban J connectivity index is 1.57. The lowest BCUT2D eigenvalue weighted by Gasteiger charge is -2.11. The van der Waals surface area contributed by atoms with Crippen molar-refractivity contribution in [1.29, 1.82) is 0 Å². The zero-order valence-electron chi connectivity index (χ0n) is 17.0. The second-order valence-corrected chi connectivity index (χ2v) is 6.53. The molecule has 0 unspecified atom stereocenters. The van der Waals surface area contributed by atoms with E-state index in [2.05, 4.69) is 15.6 Å². The predicted molar refractivity (Wildman–Crippen MR) is 113 cm³/mol. The average molecular weight is 423 g/mol. The van der Waals surface area contributed by atoms with Crippen LogP contribution in [0.15, 0.2) is 59.8 Å². The normalized spacial score (nSPS) is 10.8. The van der Waals surface area contributed by atoms with Crippen LogP contribution in [0.1, 0.15) is 16.8 Å². The molecule has 3 aromatic rings. The number of methoxy groups -OCH3 is 1. The fourth-order valence-corrected chi connectivity index (χ4v) is 2.70. The number of rotatable bonds is 9. The number of nitrogens with zero attached hydrogens (tertiary/aromatic N) is 4. The first-order valence-electron chi connectivity index (χ1n) is 9.31. The highest BCUT2D eigenvalue weighted by atomic mass is 16.6. The highest BCUT2D eigenvalue weighted by Crippen LogP contribution is 2.23. The van der Waals surface area contributed by atoms with Gasteiger partial charge >= 0.3 is 0 Å². The number of hydrogen-bond donors (Lipinski definition) is 1. The summed E-state index contributed by atoms with van der Waals surface area (Å²) in [4.78, 5) is 22.2. The van der Waals surface area contributed by atoms with Crippen molar-refractivity contribution in [2.24, 2.45) is 5.10 Å². The first kappa shape index (κ1) is 21.5. The molecule has 2 aromatic carbocycles. The van der Waals surface area contributed by atoms with Crippen molar-refractivity contribution in [3.63, 3.8) is 0 Å². The molecule has 0 saturated heterocycles. The van der Waals surface area contributed by atoms with Gasteiger partial charge in [-0.05, 0) is 36.8 Å². The summed E-state index contributed by atoms with van der Waals surface area (Å²) in [5, 5.41) is 18.7. The number of non-ortho nitro benzene ring substituents is 1. The van der Waals surface area contributed by atoms with Gasteiger partial charge in [-0.3, -0.25) is 19.6 Å². The van der Waals surface area contributed by atoms with Crippen LogP contribution in [0.4, 0.5) is 5.69 Å². The van der Waals surface area contributed by atoms with Gasteiger partial charge in [0.25, 0.3) is 11.6 Å². The van der Waals surface area contributed by atoms with Crippen LogP contribution >= 0.6 is 0 Å². The van der Waals surface area contributed by atoms with Crippen molar-refractivity contribution in [2.75, 3.05) is 7.11 Å². The van der Waals surface area contributed by atoms with Crippen molar-refractivity contribution in [1.82, 2.24) is 15.2 Å². The van der Waals surface area contributed by atoms with Crippen LogP contribution in [-0.4, -0.2) is 33.9 Å². The summed E-state index contributed by atoms with van der Waals surface area (Å²) in [6, 6.07) is 13.1. The summed E-state index contributed by atoms with van der Waals surface area (Å²) in [6.45, 7) is 2.17. The van der Waals surface area contributed by atoms with Crippen molar-refractivity contribution >= 4 is 17.8 Å². The van der Waals surface area contributed by atoms with E-state index in [0.29, 0.717) is 11.5 Å². The van der Waals surface area contributed by atoms with E-state index in [1.807, 2.05) is 25.1 Å². The Morgan fingerprint density at radius 3 is 2.68 bits per heavy atom. The molecular weight excluding hydrogens is 402 g/mol. The van der Waals surface area contributed by atoms with Gasteiger partial charge in [-0.2, -0.15) is 10.2 Å². The molecular formula is C21H21N5O5. The molecule has 1 amide bonds. The number of hydrogen-bond acceptors (Lipinski definition) is 7. The first-order chi connectivity index (χ1) is 15.0. The number of hydrazone groups is 1. The van der Waals surface area contributed by atoms with Crippen LogP contribution in [0.5, 0.6) is 11.5 Å². The standard InChI is InChI=1S/C21H21N5O5/c1-15-9-10-23-25(15)13-21(27)24-22-12-16-3-4-17(20(11-16)30-2)14-31-19-7-5-18(6-8-19)26(28)29/h3-12H,13-14H2,1-2H3,(H,24,27). The van der Waals surface area contributed by atoms with Crippen LogP contribution in [0, 0.1) is 17.0 Å². The van der Waals surface area contributed by atoms with Crippen LogP contribution in [-0.2, 0) is 17.9 Å². The summed E-state index contributed by atoms with van der Waals surface area (Å²) < 4.78 is 12.7. The number of nitrogens with one attached hydrogen (secondary N) is 1. The van der Waals surface area contributed by atoms with E-state index in [1.54, 1.807) is 36.2 Å². The molecule has 31 heavy (non-hydrogen) atoms. The molecule has 10 nitrogen and oxygen atoms in total. The molecule has 0 aliphatic rings. The molecule has 1 heterocycles. The van der Waals surface area contributed by atoms with Gasteiger partial charge in [0.1, 0.15) is 24.7 Å². The Hall–Kier alpha value is -4.21. The van der Waals surface area contributed by atoms with Crippen molar-refractivity contribution in [2.45, 2.75) is 20.1 Å². The molecule has 0 aliphatic heterocycles. The third kappa shape index (κ3) is 5.89. The van der Waals surface area contributed by atoms with Gasteiger partial charge in [-0.15, -0.1) is 0 Å². The Bertz CT molecular complexity index is 1090. The van der Waals surface area contributed by atoms with Crippen molar-refractivity contribution in [3.8, 4) is 11.5 Å². The van der Waals surface area contributed by atoms with Gasteiger partial charge in [-0.25, -0.2) is 5.43 Å². The van der Waals surface area contributed by atoms with Gasteiger partial charge in [-0.1, -0.05) is 12.1 Å². The Labute approximate surface area is 178 Å². The zero-order chi connectivity index (χ0) is 22.2. The highest BCUT2D eigenvalue weighted by molar-refractivity contribution is 5.83. The van der Waals surface area contributed by atoms with E-state index in [4.69, 9.17) is 9.47 Å². The Morgan fingerprint density at radius 2 is 2.03 bits per heavy atom.